The minimum Gasteiger partial charge on any atom is -0.462 e. The first-order valence-corrected chi connectivity index (χ1v) is 34.2. The van der Waals surface area contributed by atoms with E-state index in [4.69, 9.17) is 14.2 Å². The average Bonchev–Trinajstić information content (AvgIpc) is 3.46. The van der Waals surface area contributed by atoms with Crippen molar-refractivity contribution in [3.8, 4) is 0 Å². The largest absolute Gasteiger partial charge is 0.462 e. The molecule has 0 aliphatic rings. The van der Waals surface area contributed by atoms with Gasteiger partial charge in [0, 0.05) is 19.3 Å². The number of carbonyl (C=O) groups is 3. The molecule has 1 unspecified atom stereocenters. The van der Waals surface area contributed by atoms with Gasteiger partial charge in [-0.2, -0.15) is 0 Å². The first-order chi connectivity index (χ1) is 39.5. The van der Waals surface area contributed by atoms with E-state index >= 15 is 0 Å². The number of hydrogen-bond acceptors (Lipinski definition) is 6. The molecule has 0 radical (unpaired) electrons. The normalized spacial score (nSPS) is 12.7. The molecule has 1 atom stereocenters. The lowest BCUT2D eigenvalue weighted by atomic mass is 10.0. The number of allylic oxidation sites excluding steroid dienone is 16. The van der Waals surface area contributed by atoms with Crippen LogP contribution in [0.2, 0.25) is 0 Å². The molecule has 0 amide bonds. The van der Waals surface area contributed by atoms with Crippen LogP contribution >= 0.6 is 0 Å². The van der Waals surface area contributed by atoms with Gasteiger partial charge >= 0.3 is 17.9 Å². The smallest absolute Gasteiger partial charge is 0.306 e. The third-order valence-electron chi connectivity index (χ3n) is 14.8. The number of ether oxygens (including phenoxy) is 3. The first-order valence-electron chi connectivity index (χ1n) is 34.2. The lowest BCUT2D eigenvalue weighted by Crippen LogP contribution is -2.30. The monoisotopic (exact) mass is 1110 g/mol. The van der Waals surface area contributed by atoms with Gasteiger partial charge in [-0.05, 0) is 116 Å². The number of hydrogen-bond donors (Lipinski definition) is 0. The summed E-state index contributed by atoms with van der Waals surface area (Å²) in [6, 6.07) is 0. The van der Waals surface area contributed by atoms with Gasteiger partial charge in [-0.15, -0.1) is 0 Å². The van der Waals surface area contributed by atoms with Crippen LogP contribution in [0.1, 0.15) is 335 Å². The minimum atomic E-state index is -0.786. The molecule has 0 saturated heterocycles. The van der Waals surface area contributed by atoms with Crippen molar-refractivity contribution >= 4 is 17.9 Å². The van der Waals surface area contributed by atoms with Gasteiger partial charge in [-0.3, -0.25) is 14.4 Å². The zero-order valence-corrected chi connectivity index (χ0v) is 52.8. The van der Waals surface area contributed by atoms with Crippen molar-refractivity contribution in [2.45, 2.75) is 341 Å². The highest BCUT2D eigenvalue weighted by molar-refractivity contribution is 5.71. The van der Waals surface area contributed by atoms with E-state index in [1.165, 1.54) is 173 Å². The second-order valence-corrected chi connectivity index (χ2v) is 22.7. The molecule has 6 heteroatoms. The average molecular weight is 1110 g/mol. The number of rotatable bonds is 62. The van der Waals surface area contributed by atoms with Crippen LogP contribution in [0.15, 0.2) is 97.2 Å². The van der Waals surface area contributed by atoms with Crippen LogP contribution in [0.4, 0.5) is 0 Å². The zero-order valence-electron chi connectivity index (χ0n) is 52.8. The Morgan fingerprint density at radius 3 is 0.812 bits per heavy atom. The minimum absolute atomic E-state index is 0.0819. The van der Waals surface area contributed by atoms with Crippen molar-refractivity contribution in [3.63, 3.8) is 0 Å². The number of unbranched alkanes of at least 4 members (excludes halogenated alkanes) is 35. The maximum Gasteiger partial charge on any atom is 0.306 e. The lowest BCUT2D eigenvalue weighted by Gasteiger charge is -2.18. The van der Waals surface area contributed by atoms with Crippen LogP contribution in [0, 0.1) is 0 Å². The molecule has 0 aromatic carbocycles. The molecule has 0 spiro atoms. The third-order valence-corrected chi connectivity index (χ3v) is 14.8. The Hall–Kier alpha value is -3.67. The summed E-state index contributed by atoms with van der Waals surface area (Å²) in [7, 11) is 0. The SMILES string of the molecule is CC/C=C\C/C=C\C/C=C\C/C=C\C/C=C\CCCCCCCCCCCCCCCCCCCCCC(=O)OCC(COC(=O)CCCCCCC/C=C\CCCCCC)OC(=O)CCCCCCC/C=C\C/C=C\CCCC. The van der Waals surface area contributed by atoms with Crippen molar-refractivity contribution in [1.29, 1.82) is 0 Å². The fourth-order valence-corrected chi connectivity index (χ4v) is 9.66. The van der Waals surface area contributed by atoms with Crippen LogP contribution in [0.5, 0.6) is 0 Å². The van der Waals surface area contributed by atoms with Gasteiger partial charge in [0.25, 0.3) is 0 Å². The van der Waals surface area contributed by atoms with E-state index in [-0.39, 0.29) is 31.1 Å². The quantitative estimate of drug-likeness (QED) is 0.0261. The van der Waals surface area contributed by atoms with Crippen LogP contribution in [0.3, 0.4) is 0 Å². The summed E-state index contributed by atoms with van der Waals surface area (Å²) in [5, 5.41) is 0. The standard InChI is InChI=1S/C74H128O6/c1-4-7-10-13-16-19-22-25-27-28-29-30-31-32-33-34-35-36-37-38-39-40-41-42-43-44-45-46-47-50-52-55-58-61-64-67-73(76)79-70-71(69-78-72(75)66-63-60-57-54-51-48-24-21-18-15-12-9-6-3)80-74(77)68-65-62-59-56-53-49-26-23-20-17-14-11-8-5-2/h7,10,14,16-17,19,21,23-27,29-30,32-33,71H,4-6,8-9,11-13,15,18,20,22,28,31,34-70H2,1-3H3/b10-7-,17-14-,19-16-,24-21-,26-23-,27-25-,30-29-,33-32-. The van der Waals surface area contributed by atoms with Crippen molar-refractivity contribution in [1.82, 2.24) is 0 Å². The molecule has 0 saturated carbocycles. The second-order valence-electron chi connectivity index (χ2n) is 22.7. The first kappa shape index (κ1) is 76.3. The molecule has 0 rings (SSSR count). The van der Waals surface area contributed by atoms with E-state index in [0.29, 0.717) is 19.3 Å². The summed E-state index contributed by atoms with van der Waals surface area (Å²) in [6.45, 7) is 6.48. The van der Waals surface area contributed by atoms with Crippen LogP contribution in [0.25, 0.3) is 0 Å². The maximum absolute atomic E-state index is 12.9. The van der Waals surface area contributed by atoms with Crippen molar-refractivity contribution < 1.29 is 28.6 Å². The van der Waals surface area contributed by atoms with E-state index in [9.17, 15) is 14.4 Å². The van der Waals surface area contributed by atoms with E-state index in [2.05, 4.69) is 118 Å². The highest BCUT2D eigenvalue weighted by atomic mass is 16.6. The number of carbonyl (C=O) groups excluding carboxylic acids is 3. The topological polar surface area (TPSA) is 78.9 Å². The predicted molar refractivity (Wildman–Crippen MR) is 348 cm³/mol. The highest BCUT2D eigenvalue weighted by Gasteiger charge is 2.19. The Balaban J connectivity index is 4.10. The lowest BCUT2D eigenvalue weighted by molar-refractivity contribution is -0.167. The molecule has 6 nitrogen and oxygen atoms in total. The fraction of sp³-hybridized carbons (Fsp3) is 0.743. The highest BCUT2D eigenvalue weighted by Crippen LogP contribution is 2.17. The second kappa shape index (κ2) is 67.8. The summed E-state index contributed by atoms with van der Waals surface area (Å²) >= 11 is 0. The summed E-state index contributed by atoms with van der Waals surface area (Å²) in [5.74, 6) is -0.892. The van der Waals surface area contributed by atoms with Gasteiger partial charge in [-0.25, -0.2) is 0 Å². The Morgan fingerprint density at radius 1 is 0.263 bits per heavy atom. The van der Waals surface area contributed by atoms with Crippen LogP contribution in [-0.2, 0) is 28.6 Å². The molecular formula is C74H128O6. The molecule has 0 aromatic heterocycles. The van der Waals surface area contributed by atoms with Crippen molar-refractivity contribution in [2.75, 3.05) is 13.2 Å². The van der Waals surface area contributed by atoms with Crippen LogP contribution in [-0.4, -0.2) is 37.2 Å². The Labute approximate surface area is 496 Å². The number of esters is 3. The van der Waals surface area contributed by atoms with E-state index < -0.39 is 6.10 Å². The van der Waals surface area contributed by atoms with Gasteiger partial charge in [-0.1, -0.05) is 298 Å². The Bertz CT molecular complexity index is 1560. The van der Waals surface area contributed by atoms with E-state index in [0.717, 1.165) is 122 Å². The summed E-state index contributed by atoms with van der Waals surface area (Å²) in [5.41, 5.74) is 0. The molecule has 80 heavy (non-hydrogen) atoms. The van der Waals surface area contributed by atoms with Gasteiger partial charge in [0.05, 0.1) is 0 Å². The molecule has 0 N–H and O–H groups in total. The molecule has 0 aliphatic carbocycles. The summed E-state index contributed by atoms with van der Waals surface area (Å²) in [4.78, 5) is 38.3. The maximum atomic E-state index is 12.9. The van der Waals surface area contributed by atoms with Crippen molar-refractivity contribution in [2.24, 2.45) is 0 Å². The fourth-order valence-electron chi connectivity index (χ4n) is 9.66. The summed E-state index contributed by atoms with van der Waals surface area (Å²) in [6.07, 6.45) is 91.6. The van der Waals surface area contributed by atoms with E-state index in [1.54, 1.807) is 0 Å². The van der Waals surface area contributed by atoms with Crippen LogP contribution < -0.4 is 0 Å². The molecule has 0 heterocycles. The molecule has 0 fully saturated rings. The van der Waals surface area contributed by atoms with Gasteiger partial charge < -0.3 is 14.2 Å². The van der Waals surface area contributed by atoms with Gasteiger partial charge in [0.15, 0.2) is 6.10 Å². The van der Waals surface area contributed by atoms with Gasteiger partial charge in [0.1, 0.15) is 13.2 Å². The Morgan fingerprint density at radius 2 is 0.500 bits per heavy atom. The molecule has 0 aromatic rings. The van der Waals surface area contributed by atoms with Crippen molar-refractivity contribution in [3.05, 3.63) is 97.2 Å². The van der Waals surface area contributed by atoms with E-state index in [1.807, 2.05) is 0 Å². The van der Waals surface area contributed by atoms with Gasteiger partial charge in [0.2, 0.25) is 0 Å². The molecular weight excluding hydrogens is 985 g/mol. The Kier molecular flexibility index (Phi) is 64.7. The third kappa shape index (κ3) is 65.1. The molecule has 0 bridgehead atoms. The zero-order chi connectivity index (χ0) is 57.8. The summed E-state index contributed by atoms with van der Waals surface area (Å²) < 4.78 is 16.9. The molecule has 460 valence electrons. The molecule has 0 aliphatic heterocycles. The predicted octanol–water partition coefficient (Wildman–Crippen LogP) is 23.6.